The van der Waals surface area contributed by atoms with E-state index in [1.165, 1.54) is 7.11 Å². The first-order valence-corrected chi connectivity index (χ1v) is 6.27. The maximum absolute atomic E-state index is 11.5. The molecule has 0 unspecified atom stereocenters. The summed E-state index contributed by atoms with van der Waals surface area (Å²) in [7, 11) is 1.26. The summed E-state index contributed by atoms with van der Waals surface area (Å²) in [4.78, 5) is 22.4. The van der Waals surface area contributed by atoms with Crippen LogP contribution in [-0.2, 0) is 19.1 Å². The summed E-state index contributed by atoms with van der Waals surface area (Å²) >= 11 is 0. The topological polar surface area (TPSA) is 52.6 Å². The van der Waals surface area contributed by atoms with Crippen LogP contribution in [0.25, 0.3) is 0 Å². The van der Waals surface area contributed by atoms with Gasteiger partial charge in [0.1, 0.15) is 12.5 Å². The number of rotatable bonds is 6. The number of ether oxygens (including phenoxy) is 2. The second kappa shape index (κ2) is 7.69. The molecule has 0 N–H and O–H groups in total. The monoisotopic (exact) mass is 252 g/mol. The maximum Gasteiger partial charge on any atom is 0.317 e. The van der Waals surface area contributed by atoms with E-state index >= 15 is 0 Å². The molecule has 100 valence electrons. The van der Waals surface area contributed by atoms with E-state index in [0.717, 1.165) is 31.3 Å². The van der Waals surface area contributed by atoms with Crippen LogP contribution in [0.2, 0.25) is 0 Å². The molecule has 0 saturated heterocycles. The van der Waals surface area contributed by atoms with Crippen LogP contribution in [0.5, 0.6) is 0 Å². The molecule has 0 saturated carbocycles. The molecule has 0 amide bonds. The fourth-order valence-electron chi connectivity index (χ4n) is 1.86. The summed E-state index contributed by atoms with van der Waals surface area (Å²) in [6.45, 7) is 2.08. The summed E-state index contributed by atoms with van der Waals surface area (Å²) in [5.74, 6) is -1.08. The predicted octanol–water partition coefficient (Wildman–Crippen LogP) is 2.54. The zero-order valence-electron chi connectivity index (χ0n) is 11.0. The smallest absolute Gasteiger partial charge is 0.317 e. The van der Waals surface area contributed by atoms with E-state index in [4.69, 9.17) is 4.74 Å². The number of carbonyl (C=O) groups excluding carboxylic acids is 2. The standard InChI is InChI=1S/C14H20O4/c1-3-4-5-7-11-8-6-9-12(11)18-14(16)10-13(15)17-2/h4-5,8,12H,3,6-7,9-10H2,1-2H3/t12-/m1/s1. The van der Waals surface area contributed by atoms with Crippen molar-refractivity contribution >= 4 is 11.9 Å². The van der Waals surface area contributed by atoms with Crippen molar-refractivity contribution in [3.05, 3.63) is 23.8 Å². The normalized spacial score (nSPS) is 18.8. The zero-order chi connectivity index (χ0) is 13.4. The molecule has 4 heteroatoms. The van der Waals surface area contributed by atoms with E-state index in [2.05, 4.69) is 29.9 Å². The quantitative estimate of drug-likeness (QED) is 0.414. The van der Waals surface area contributed by atoms with E-state index in [0.29, 0.717) is 0 Å². The van der Waals surface area contributed by atoms with Gasteiger partial charge in [-0.05, 0) is 31.3 Å². The number of allylic oxidation sites excluding steroid dienone is 3. The average molecular weight is 252 g/mol. The molecule has 0 fully saturated rings. The highest BCUT2D eigenvalue weighted by Gasteiger charge is 2.23. The van der Waals surface area contributed by atoms with E-state index in [-0.39, 0.29) is 12.5 Å². The number of methoxy groups -OCH3 is 1. The van der Waals surface area contributed by atoms with Crippen molar-refractivity contribution in [3.8, 4) is 0 Å². The molecule has 1 aliphatic carbocycles. The zero-order valence-corrected chi connectivity index (χ0v) is 11.0. The Kier molecular flexibility index (Phi) is 6.19. The highest BCUT2D eigenvalue weighted by Crippen LogP contribution is 2.25. The SMILES string of the molecule is CCC=CCC1=CCC[C@H]1OC(=O)CC(=O)OC. The van der Waals surface area contributed by atoms with Gasteiger partial charge in [0.2, 0.25) is 0 Å². The molecule has 0 aliphatic heterocycles. The third-order valence-corrected chi connectivity index (χ3v) is 2.79. The fraction of sp³-hybridized carbons (Fsp3) is 0.571. The van der Waals surface area contributed by atoms with Gasteiger partial charge in [0.15, 0.2) is 0 Å². The van der Waals surface area contributed by atoms with Crippen LogP contribution in [0.15, 0.2) is 23.8 Å². The van der Waals surface area contributed by atoms with Crippen LogP contribution >= 0.6 is 0 Å². The van der Waals surface area contributed by atoms with Crippen LogP contribution < -0.4 is 0 Å². The summed E-state index contributed by atoms with van der Waals surface area (Å²) in [6.07, 6.45) is 9.33. The van der Waals surface area contributed by atoms with Gasteiger partial charge in [-0.3, -0.25) is 9.59 Å². The van der Waals surface area contributed by atoms with E-state index in [1.807, 2.05) is 0 Å². The highest BCUT2D eigenvalue weighted by molar-refractivity contribution is 5.91. The van der Waals surface area contributed by atoms with Gasteiger partial charge in [0.05, 0.1) is 7.11 Å². The van der Waals surface area contributed by atoms with Gasteiger partial charge in [0, 0.05) is 0 Å². The first-order valence-electron chi connectivity index (χ1n) is 6.27. The Labute approximate surface area is 108 Å². The van der Waals surface area contributed by atoms with Crippen LogP contribution in [0.4, 0.5) is 0 Å². The molecule has 0 radical (unpaired) electrons. The van der Waals surface area contributed by atoms with E-state index in [1.54, 1.807) is 0 Å². The van der Waals surface area contributed by atoms with E-state index in [9.17, 15) is 9.59 Å². The van der Waals surface area contributed by atoms with Gasteiger partial charge in [-0.25, -0.2) is 0 Å². The Hall–Kier alpha value is -1.58. The number of hydrogen-bond acceptors (Lipinski definition) is 4. The molecule has 1 atom stereocenters. The average Bonchev–Trinajstić information content (AvgIpc) is 2.76. The minimum Gasteiger partial charge on any atom is -0.469 e. The predicted molar refractivity (Wildman–Crippen MR) is 67.9 cm³/mol. The fourth-order valence-corrected chi connectivity index (χ4v) is 1.86. The lowest BCUT2D eigenvalue weighted by atomic mass is 10.1. The molecular formula is C14H20O4. The van der Waals surface area contributed by atoms with Crippen LogP contribution in [0, 0.1) is 0 Å². The summed E-state index contributed by atoms with van der Waals surface area (Å²) in [6, 6.07) is 0. The lowest BCUT2D eigenvalue weighted by Crippen LogP contribution is -2.20. The number of hydrogen-bond donors (Lipinski definition) is 0. The Balaban J connectivity index is 2.41. The molecule has 0 aromatic carbocycles. The Bertz CT molecular complexity index is 355. The van der Waals surface area contributed by atoms with Gasteiger partial charge in [-0.1, -0.05) is 25.2 Å². The summed E-state index contributed by atoms with van der Waals surface area (Å²) < 4.78 is 9.71. The lowest BCUT2D eigenvalue weighted by Gasteiger charge is -2.14. The Morgan fingerprint density at radius 2 is 2.17 bits per heavy atom. The number of esters is 2. The van der Waals surface area contributed by atoms with Crippen LogP contribution in [0.3, 0.4) is 0 Å². The largest absolute Gasteiger partial charge is 0.469 e. The molecule has 0 spiro atoms. The first kappa shape index (κ1) is 14.5. The second-order valence-corrected chi connectivity index (χ2v) is 4.17. The van der Waals surface area contributed by atoms with Crippen molar-refractivity contribution in [2.75, 3.05) is 7.11 Å². The third-order valence-electron chi connectivity index (χ3n) is 2.79. The van der Waals surface area contributed by atoms with Gasteiger partial charge in [-0.15, -0.1) is 0 Å². The highest BCUT2D eigenvalue weighted by atomic mass is 16.6. The van der Waals surface area contributed by atoms with Crippen LogP contribution in [-0.4, -0.2) is 25.2 Å². The molecule has 0 heterocycles. The van der Waals surface area contributed by atoms with Gasteiger partial charge in [-0.2, -0.15) is 0 Å². The first-order chi connectivity index (χ1) is 8.67. The van der Waals surface area contributed by atoms with Crippen LogP contribution in [0.1, 0.15) is 39.0 Å². The van der Waals surface area contributed by atoms with Crippen molar-refractivity contribution in [3.63, 3.8) is 0 Å². The Morgan fingerprint density at radius 3 is 2.83 bits per heavy atom. The molecular weight excluding hydrogens is 232 g/mol. The van der Waals surface area contributed by atoms with Crippen molar-refractivity contribution in [2.24, 2.45) is 0 Å². The summed E-state index contributed by atoms with van der Waals surface area (Å²) in [5, 5.41) is 0. The minimum atomic E-state index is -0.561. The van der Waals surface area contributed by atoms with Crippen molar-refractivity contribution in [2.45, 2.75) is 45.1 Å². The maximum atomic E-state index is 11.5. The lowest BCUT2D eigenvalue weighted by molar-refractivity contribution is -0.155. The third kappa shape index (κ3) is 4.73. The molecule has 0 bridgehead atoms. The number of carbonyl (C=O) groups is 2. The van der Waals surface area contributed by atoms with Crippen molar-refractivity contribution in [1.29, 1.82) is 0 Å². The van der Waals surface area contributed by atoms with Crippen molar-refractivity contribution < 1.29 is 19.1 Å². The Morgan fingerprint density at radius 1 is 1.39 bits per heavy atom. The van der Waals surface area contributed by atoms with E-state index < -0.39 is 11.9 Å². The molecule has 1 aliphatic rings. The van der Waals surface area contributed by atoms with Crippen molar-refractivity contribution in [1.82, 2.24) is 0 Å². The van der Waals surface area contributed by atoms with Gasteiger partial charge >= 0.3 is 11.9 Å². The summed E-state index contributed by atoms with van der Waals surface area (Å²) in [5.41, 5.74) is 1.12. The minimum absolute atomic E-state index is 0.177. The molecule has 0 aromatic heterocycles. The second-order valence-electron chi connectivity index (χ2n) is 4.17. The molecule has 4 nitrogen and oxygen atoms in total. The van der Waals surface area contributed by atoms with Gasteiger partial charge < -0.3 is 9.47 Å². The molecule has 18 heavy (non-hydrogen) atoms. The molecule has 1 rings (SSSR count). The molecule has 0 aromatic rings. The van der Waals surface area contributed by atoms with Gasteiger partial charge in [0.25, 0.3) is 0 Å².